The third-order valence-corrected chi connectivity index (χ3v) is 4.17. The van der Waals surface area contributed by atoms with Gasteiger partial charge in [-0.3, -0.25) is 4.79 Å². The molecule has 0 saturated carbocycles. The first kappa shape index (κ1) is 17.6. The molecule has 1 N–H and O–H groups in total. The Kier molecular flexibility index (Phi) is 6.24. The molecular weight excluding hydrogens is 426 g/mol. The second-order valence-corrected chi connectivity index (χ2v) is 6.33. The first-order chi connectivity index (χ1) is 11.0. The molecular formula is C17H15Br2NO3. The number of carbonyl (C=O) groups excluding carboxylic acids is 1. The van der Waals surface area contributed by atoms with Crippen LogP contribution >= 0.6 is 31.9 Å². The quantitative estimate of drug-likeness (QED) is 0.674. The number of benzene rings is 2. The molecule has 0 radical (unpaired) electrons. The van der Waals surface area contributed by atoms with E-state index in [1.807, 2.05) is 24.3 Å². The third kappa shape index (κ3) is 4.84. The van der Waals surface area contributed by atoms with E-state index in [4.69, 9.17) is 9.47 Å². The summed E-state index contributed by atoms with van der Waals surface area (Å²) >= 11 is 6.78. The zero-order chi connectivity index (χ0) is 16.8. The topological polar surface area (TPSA) is 47.6 Å². The van der Waals surface area contributed by atoms with Crippen LogP contribution in [0.5, 0.6) is 11.5 Å². The lowest BCUT2D eigenvalue weighted by Crippen LogP contribution is -2.08. The van der Waals surface area contributed by atoms with Crippen LogP contribution in [0.25, 0.3) is 6.08 Å². The minimum atomic E-state index is -0.220. The second kappa shape index (κ2) is 8.17. The highest BCUT2D eigenvalue weighted by Gasteiger charge is 2.05. The van der Waals surface area contributed by atoms with Crippen LogP contribution in [0.2, 0.25) is 0 Å². The van der Waals surface area contributed by atoms with Crippen molar-refractivity contribution < 1.29 is 14.3 Å². The Hall–Kier alpha value is -1.79. The number of anilines is 1. The summed E-state index contributed by atoms with van der Waals surface area (Å²) in [5, 5.41) is 2.81. The second-order valence-electron chi connectivity index (χ2n) is 4.56. The van der Waals surface area contributed by atoms with E-state index in [2.05, 4.69) is 37.2 Å². The van der Waals surface area contributed by atoms with Crippen molar-refractivity contribution in [3.63, 3.8) is 0 Å². The molecule has 23 heavy (non-hydrogen) atoms. The van der Waals surface area contributed by atoms with Crippen molar-refractivity contribution in [2.45, 2.75) is 0 Å². The van der Waals surface area contributed by atoms with Gasteiger partial charge in [0.05, 0.1) is 19.9 Å². The van der Waals surface area contributed by atoms with Gasteiger partial charge in [-0.25, -0.2) is 0 Å². The number of halogens is 2. The Morgan fingerprint density at radius 3 is 2.43 bits per heavy atom. The molecule has 0 aliphatic rings. The van der Waals surface area contributed by atoms with Gasteiger partial charge in [0.25, 0.3) is 0 Å². The molecule has 1 amide bonds. The van der Waals surface area contributed by atoms with Crippen LogP contribution in [0, 0.1) is 0 Å². The summed E-state index contributed by atoms with van der Waals surface area (Å²) in [6, 6.07) is 11.0. The van der Waals surface area contributed by atoms with Crippen molar-refractivity contribution in [2.24, 2.45) is 0 Å². The minimum Gasteiger partial charge on any atom is -0.493 e. The molecule has 0 spiro atoms. The van der Waals surface area contributed by atoms with E-state index in [1.54, 1.807) is 32.4 Å². The maximum absolute atomic E-state index is 12.0. The summed E-state index contributed by atoms with van der Waals surface area (Å²) in [5.74, 6) is 1.04. The molecule has 120 valence electrons. The van der Waals surface area contributed by atoms with Gasteiger partial charge in [0, 0.05) is 15.0 Å². The summed E-state index contributed by atoms with van der Waals surface area (Å²) in [4.78, 5) is 12.0. The molecule has 2 aromatic carbocycles. The molecule has 6 heteroatoms. The van der Waals surface area contributed by atoms with E-state index in [1.165, 1.54) is 6.08 Å². The molecule has 4 nitrogen and oxygen atoms in total. The average molecular weight is 441 g/mol. The molecule has 0 aliphatic heterocycles. The van der Waals surface area contributed by atoms with E-state index in [0.717, 1.165) is 14.5 Å². The van der Waals surface area contributed by atoms with Crippen LogP contribution in [-0.2, 0) is 4.79 Å². The fraction of sp³-hybridized carbons (Fsp3) is 0.118. The van der Waals surface area contributed by atoms with Crippen molar-refractivity contribution in [1.82, 2.24) is 0 Å². The van der Waals surface area contributed by atoms with Crippen LogP contribution < -0.4 is 14.8 Å². The van der Waals surface area contributed by atoms with Gasteiger partial charge in [-0.1, -0.05) is 22.0 Å². The molecule has 2 rings (SSSR count). The predicted molar refractivity (Wildman–Crippen MR) is 99.1 cm³/mol. The van der Waals surface area contributed by atoms with E-state index in [9.17, 15) is 4.79 Å². The number of rotatable bonds is 5. The Morgan fingerprint density at radius 1 is 1.04 bits per heavy atom. The van der Waals surface area contributed by atoms with Crippen LogP contribution in [0.4, 0.5) is 5.69 Å². The largest absolute Gasteiger partial charge is 0.493 e. The molecule has 0 saturated heterocycles. The Labute approximate surface area is 151 Å². The Bertz CT molecular complexity index is 745. The summed E-state index contributed by atoms with van der Waals surface area (Å²) in [7, 11) is 3.15. The summed E-state index contributed by atoms with van der Waals surface area (Å²) in [6.07, 6.45) is 3.18. The van der Waals surface area contributed by atoms with Crippen molar-refractivity contribution in [3.8, 4) is 11.5 Å². The highest BCUT2D eigenvalue weighted by molar-refractivity contribution is 9.11. The number of nitrogens with one attached hydrogen (secondary N) is 1. The van der Waals surface area contributed by atoms with Crippen molar-refractivity contribution in [3.05, 3.63) is 57.0 Å². The SMILES string of the molecule is COc1ccc(/C=C/C(=O)Nc2ccc(Br)cc2Br)cc1OC. The van der Waals surface area contributed by atoms with Crippen LogP contribution in [0.1, 0.15) is 5.56 Å². The van der Waals surface area contributed by atoms with E-state index in [0.29, 0.717) is 17.2 Å². The number of methoxy groups -OCH3 is 2. The van der Waals surface area contributed by atoms with Gasteiger partial charge >= 0.3 is 0 Å². The third-order valence-electron chi connectivity index (χ3n) is 3.02. The van der Waals surface area contributed by atoms with Gasteiger partial charge in [0.1, 0.15) is 0 Å². The van der Waals surface area contributed by atoms with Crippen molar-refractivity contribution in [1.29, 1.82) is 0 Å². The minimum absolute atomic E-state index is 0.220. The Morgan fingerprint density at radius 2 is 1.78 bits per heavy atom. The lowest BCUT2D eigenvalue weighted by atomic mass is 10.2. The smallest absolute Gasteiger partial charge is 0.248 e. The summed E-state index contributed by atoms with van der Waals surface area (Å²) in [6.45, 7) is 0. The normalized spacial score (nSPS) is 10.6. The highest BCUT2D eigenvalue weighted by Crippen LogP contribution is 2.28. The Balaban J connectivity index is 2.09. The van der Waals surface area contributed by atoms with Gasteiger partial charge in [-0.05, 0) is 57.9 Å². The summed E-state index contributed by atoms with van der Waals surface area (Å²) in [5.41, 5.74) is 1.54. The first-order valence-electron chi connectivity index (χ1n) is 6.69. The number of carbonyl (C=O) groups is 1. The number of hydrogen-bond acceptors (Lipinski definition) is 3. The molecule has 0 aromatic heterocycles. The molecule has 0 atom stereocenters. The maximum atomic E-state index is 12.0. The van der Waals surface area contributed by atoms with E-state index in [-0.39, 0.29) is 5.91 Å². The standard InChI is InChI=1S/C17H15Br2NO3/c1-22-15-7-3-11(9-16(15)23-2)4-8-17(21)20-14-6-5-12(18)10-13(14)19/h3-10H,1-2H3,(H,20,21)/b8-4+. The number of hydrogen-bond donors (Lipinski definition) is 1. The lowest BCUT2D eigenvalue weighted by Gasteiger charge is -2.08. The van der Waals surface area contributed by atoms with Gasteiger partial charge in [0.2, 0.25) is 5.91 Å². The first-order valence-corrected chi connectivity index (χ1v) is 8.28. The maximum Gasteiger partial charge on any atom is 0.248 e. The van der Waals surface area contributed by atoms with Gasteiger partial charge in [-0.2, -0.15) is 0 Å². The van der Waals surface area contributed by atoms with Crippen molar-refractivity contribution in [2.75, 3.05) is 19.5 Å². The zero-order valence-corrected chi connectivity index (χ0v) is 15.8. The van der Waals surface area contributed by atoms with Gasteiger partial charge in [0.15, 0.2) is 11.5 Å². The monoisotopic (exact) mass is 439 g/mol. The van der Waals surface area contributed by atoms with Crippen LogP contribution in [-0.4, -0.2) is 20.1 Å². The summed E-state index contributed by atoms with van der Waals surface area (Å²) < 4.78 is 12.2. The fourth-order valence-corrected chi connectivity index (χ4v) is 3.04. The number of ether oxygens (including phenoxy) is 2. The molecule has 0 fully saturated rings. The molecule has 0 bridgehead atoms. The lowest BCUT2D eigenvalue weighted by molar-refractivity contribution is -0.111. The van der Waals surface area contributed by atoms with E-state index >= 15 is 0 Å². The predicted octanol–water partition coefficient (Wildman–Crippen LogP) is 4.88. The zero-order valence-electron chi connectivity index (χ0n) is 12.6. The molecule has 2 aromatic rings. The molecule has 0 aliphatic carbocycles. The van der Waals surface area contributed by atoms with Crippen LogP contribution in [0.3, 0.4) is 0 Å². The van der Waals surface area contributed by atoms with Crippen LogP contribution in [0.15, 0.2) is 51.4 Å². The van der Waals surface area contributed by atoms with Crippen molar-refractivity contribution >= 4 is 49.5 Å². The molecule has 0 unspecified atom stereocenters. The van der Waals surface area contributed by atoms with Gasteiger partial charge < -0.3 is 14.8 Å². The number of amides is 1. The van der Waals surface area contributed by atoms with E-state index < -0.39 is 0 Å². The highest BCUT2D eigenvalue weighted by atomic mass is 79.9. The molecule has 0 heterocycles. The average Bonchev–Trinajstić information content (AvgIpc) is 2.55. The fourth-order valence-electron chi connectivity index (χ4n) is 1.89. The van der Waals surface area contributed by atoms with Gasteiger partial charge in [-0.15, -0.1) is 0 Å².